The van der Waals surface area contributed by atoms with Gasteiger partial charge in [-0.15, -0.1) is 0 Å². The van der Waals surface area contributed by atoms with Gasteiger partial charge in [-0.05, 0) is 12.1 Å². The van der Waals surface area contributed by atoms with Crippen molar-refractivity contribution in [3.05, 3.63) is 36.8 Å². The Balaban J connectivity index is 2.63. The van der Waals surface area contributed by atoms with Crippen LogP contribution in [0.25, 0.3) is 0 Å². The van der Waals surface area contributed by atoms with Crippen LogP contribution < -0.4 is 0 Å². The average Bonchev–Trinajstić information content (AvgIpc) is 2.66. The molecule has 1 aromatic rings. The number of hydrogen-bond donors (Lipinski definition) is 1. The molecule has 0 spiro atoms. The van der Waals surface area contributed by atoms with Crippen LogP contribution in [0, 0.1) is 0 Å². The van der Waals surface area contributed by atoms with Gasteiger partial charge in [-0.3, -0.25) is 0 Å². The lowest BCUT2D eigenvalue weighted by molar-refractivity contribution is -0.146. The van der Waals surface area contributed by atoms with E-state index in [1.807, 2.05) is 0 Å². The molecule has 1 unspecified atom stereocenters. The van der Waals surface area contributed by atoms with Crippen molar-refractivity contribution in [1.82, 2.24) is 0 Å². The van der Waals surface area contributed by atoms with Crippen molar-refractivity contribution in [1.29, 1.82) is 0 Å². The zero-order valence-electron chi connectivity index (χ0n) is 6.97. The highest BCUT2D eigenvalue weighted by Crippen LogP contribution is 2.17. The predicted molar refractivity (Wildman–Crippen MR) is 44.8 cm³/mol. The zero-order valence-corrected chi connectivity index (χ0v) is 6.97. The fraction of sp³-hybridized carbons (Fsp3) is 0.222. The molecule has 0 fully saturated rings. The normalized spacial score (nSPS) is 12.1. The SMILES string of the molecule is C=CC(=O)OC(CO)c1ccco1. The summed E-state index contributed by atoms with van der Waals surface area (Å²) in [6, 6.07) is 3.27. The molecular formula is C9H10O4. The van der Waals surface area contributed by atoms with Gasteiger partial charge >= 0.3 is 5.97 Å². The van der Waals surface area contributed by atoms with E-state index in [1.54, 1.807) is 12.1 Å². The largest absolute Gasteiger partial charge is 0.465 e. The maximum absolute atomic E-state index is 10.8. The summed E-state index contributed by atoms with van der Waals surface area (Å²) in [6.07, 6.45) is 1.73. The molecule has 1 rings (SSSR count). The number of aliphatic hydroxyl groups is 1. The third-order valence-electron chi connectivity index (χ3n) is 1.45. The molecule has 1 atom stereocenters. The van der Waals surface area contributed by atoms with Gasteiger partial charge in [-0.2, -0.15) is 0 Å². The van der Waals surface area contributed by atoms with E-state index in [0.29, 0.717) is 5.76 Å². The van der Waals surface area contributed by atoms with Crippen LogP contribution in [-0.2, 0) is 9.53 Å². The molecule has 1 N–H and O–H groups in total. The fourth-order valence-corrected chi connectivity index (χ4v) is 0.848. The van der Waals surface area contributed by atoms with E-state index in [1.165, 1.54) is 6.26 Å². The van der Waals surface area contributed by atoms with Crippen LogP contribution in [-0.4, -0.2) is 17.7 Å². The fourth-order valence-electron chi connectivity index (χ4n) is 0.848. The smallest absolute Gasteiger partial charge is 0.330 e. The minimum absolute atomic E-state index is 0.312. The molecule has 1 heterocycles. The minimum Gasteiger partial charge on any atom is -0.465 e. The number of esters is 1. The van der Waals surface area contributed by atoms with Crippen molar-refractivity contribution in [2.24, 2.45) is 0 Å². The topological polar surface area (TPSA) is 59.7 Å². The monoisotopic (exact) mass is 182 g/mol. The molecule has 4 nitrogen and oxygen atoms in total. The molecule has 0 bridgehead atoms. The van der Waals surface area contributed by atoms with E-state index in [-0.39, 0.29) is 6.61 Å². The highest BCUT2D eigenvalue weighted by Gasteiger charge is 2.16. The van der Waals surface area contributed by atoms with Gasteiger partial charge in [0.2, 0.25) is 0 Å². The lowest BCUT2D eigenvalue weighted by atomic mass is 10.3. The first-order valence-electron chi connectivity index (χ1n) is 3.75. The van der Waals surface area contributed by atoms with E-state index in [4.69, 9.17) is 14.3 Å². The molecule has 13 heavy (non-hydrogen) atoms. The minimum atomic E-state index is -0.750. The second kappa shape index (κ2) is 4.47. The van der Waals surface area contributed by atoms with Gasteiger partial charge in [-0.25, -0.2) is 4.79 Å². The van der Waals surface area contributed by atoms with E-state index in [2.05, 4.69) is 6.58 Å². The summed E-state index contributed by atoms with van der Waals surface area (Å²) in [7, 11) is 0. The van der Waals surface area contributed by atoms with Crippen molar-refractivity contribution in [2.45, 2.75) is 6.10 Å². The highest BCUT2D eigenvalue weighted by atomic mass is 16.6. The third-order valence-corrected chi connectivity index (χ3v) is 1.45. The molecule has 70 valence electrons. The predicted octanol–water partition coefficient (Wildman–Crippen LogP) is 1.04. The van der Waals surface area contributed by atoms with Crippen LogP contribution in [0.4, 0.5) is 0 Å². The molecule has 0 aliphatic carbocycles. The summed E-state index contributed by atoms with van der Waals surface area (Å²) in [6.45, 7) is 2.93. The van der Waals surface area contributed by atoms with Gasteiger partial charge in [0.1, 0.15) is 5.76 Å². The molecule has 0 saturated carbocycles. The van der Waals surface area contributed by atoms with Gasteiger partial charge < -0.3 is 14.3 Å². The number of rotatable bonds is 4. The molecule has 4 heteroatoms. The van der Waals surface area contributed by atoms with E-state index >= 15 is 0 Å². The number of carbonyl (C=O) groups excluding carboxylic acids is 1. The summed E-state index contributed by atoms with van der Waals surface area (Å²) >= 11 is 0. The standard InChI is InChI=1S/C9H10O4/c1-2-9(11)13-8(6-10)7-4-3-5-12-7/h2-5,8,10H,1,6H2. The van der Waals surface area contributed by atoms with Gasteiger partial charge in [0.15, 0.2) is 6.10 Å². The van der Waals surface area contributed by atoms with E-state index in [9.17, 15) is 4.79 Å². The van der Waals surface area contributed by atoms with Crippen molar-refractivity contribution in [3.63, 3.8) is 0 Å². The van der Waals surface area contributed by atoms with Crippen LogP contribution in [0.5, 0.6) is 0 Å². The van der Waals surface area contributed by atoms with Gasteiger partial charge in [0.25, 0.3) is 0 Å². The second-order valence-corrected chi connectivity index (χ2v) is 2.33. The third kappa shape index (κ3) is 2.45. The van der Waals surface area contributed by atoms with Gasteiger partial charge in [0.05, 0.1) is 12.9 Å². The Kier molecular flexibility index (Phi) is 3.28. The Hall–Kier alpha value is -1.55. The number of hydrogen-bond acceptors (Lipinski definition) is 4. The van der Waals surface area contributed by atoms with E-state index < -0.39 is 12.1 Å². The molecule has 0 aromatic carbocycles. The molecule has 1 aromatic heterocycles. The lowest BCUT2D eigenvalue weighted by Gasteiger charge is -2.10. The maximum atomic E-state index is 10.8. The van der Waals surface area contributed by atoms with Crippen molar-refractivity contribution in [3.8, 4) is 0 Å². The second-order valence-electron chi connectivity index (χ2n) is 2.33. The Morgan fingerprint density at radius 2 is 2.62 bits per heavy atom. The van der Waals surface area contributed by atoms with Crippen LogP contribution >= 0.6 is 0 Å². The van der Waals surface area contributed by atoms with E-state index in [0.717, 1.165) is 6.08 Å². The quantitative estimate of drug-likeness (QED) is 0.558. The highest BCUT2D eigenvalue weighted by molar-refractivity contribution is 5.81. The van der Waals surface area contributed by atoms with Crippen LogP contribution in [0.3, 0.4) is 0 Å². The first kappa shape index (κ1) is 9.54. The number of furan rings is 1. The summed E-state index contributed by atoms with van der Waals surface area (Å²) < 4.78 is 9.75. The van der Waals surface area contributed by atoms with Gasteiger partial charge in [-0.1, -0.05) is 6.58 Å². The van der Waals surface area contributed by atoms with Crippen LogP contribution in [0.15, 0.2) is 35.5 Å². The van der Waals surface area contributed by atoms with Crippen molar-refractivity contribution >= 4 is 5.97 Å². The first-order chi connectivity index (χ1) is 6.27. The molecule has 0 aliphatic rings. The molecule has 0 radical (unpaired) electrons. The Morgan fingerprint density at radius 1 is 1.85 bits per heavy atom. The summed E-state index contributed by atoms with van der Waals surface area (Å²) in [5.41, 5.74) is 0. The molecule has 0 saturated heterocycles. The average molecular weight is 182 g/mol. The van der Waals surface area contributed by atoms with Crippen molar-refractivity contribution in [2.75, 3.05) is 6.61 Å². The number of carbonyl (C=O) groups is 1. The maximum Gasteiger partial charge on any atom is 0.330 e. The Labute approximate surface area is 75.4 Å². The summed E-state index contributed by atoms with van der Waals surface area (Å²) in [4.78, 5) is 10.8. The molecular weight excluding hydrogens is 172 g/mol. The van der Waals surface area contributed by atoms with Crippen molar-refractivity contribution < 1.29 is 19.1 Å². The van der Waals surface area contributed by atoms with Crippen LogP contribution in [0.1, 0.15) is 11.9 Å². The Bertz CT molecular complexity index is 276. The molecule has 0 aliphatic heterocycles. The Morgan fingerprint density at radius 3 is 3.08 bits per heavy atom. The summed E-state index contributed by atoms with van der Waals surface area (Å²) in [5, 5.41) is 8.87. The lowest BCUT2D eigenvalue weighted by Crippen LogP contribution is -2.12. The number of aliphatic hydroxyl groups excluding tert-OH is 1. The first-order valence-corrected chi connectivity index (χ1v) is 3.75. The zero-order chi connectivity index (χ0) is 9.68. The summed E-state index contributed by atoms with van der Waals surface area (Å²) in [5.74, 6) is -0.173. The van der Waals surface area contributed by atoms with Gasteiger partial charge in [0, 0.05) is 6.08 Å². The van der Waals surface area contributed by atoms with Crippen LogP contribution in [0.2, 0.25) is 0 Å². The molecule has 0 amide bonds. The number of ether oxygens (including phenoxy) is 1.